The van der Waals surface area contributed by atoms with Gasteiger partial charge in [0.1, 0.15) is 0 Å². The van der Waals surface area contributed by atoms with Crippen LogP contribution in [0.3, 0.4) is 0 Å². The van der Waals surface area contributed by atoms with E-state index in [9.17, 15) is 0 Å². The molecule has 0 radical (unpaired) electrons. The van der Waals surface area contributed by atoms with Gasteiger partial charge in [0.25, 0.3) is 0 Å². The zero-order chi connectivity index (χ0) is 16.9. The van der Waals surface area contributed by atoms with Gasteiger partial charge in [-0.25, -0.2) is 0 Å². The van der Waals surface area contributed by atoms with Crippen molar-refractivity contribution in [1.29, 1.82) is 0 Å². The molecule has 5 heteroatoms. The molecule has 0 aliphatic carbocycles. The monoisotopic (exact) mass is 320 g/mol. The Hall–Kier alpha value is -1.30. The Balaban J connectivity index is 2.26. The fourth-order valence-electron chi connectivity index (χ4n) is 2.28. The number of rotatable bonds is 12. The summed E-state index contributed by atoms with van der Waals surface area (Å²) in [6.07, 6.45) is 6.03. The third kappa shape index (κ3) is 8.79. The molecule has 5 nitrogen and oxygen atoms in total. The van der Waals surface area contributed by atoms with E-state index in [0.717, 1.165) is 37.4 Å². The average Bonchev–Trinajstić information content (AvgIpc) is 2.59. The lowest BCUT2D eigenvalue weighted by Crippen LogP contribution is -2.25. The first-order valence-corrected chi connectivity index (χ1v) is 8.71. The highest BCUT2D eigenvalue weighted by Gasteiger charge is 1.99. The Kier molecular flexibility index (Phi) is 10.4. The van der Waals surface area contributed by atoms with Crippen LogP contribution in [0.25, 0.3) is 0 Å². The first kappa shape index (κ1) is 19.7. The number of aromatic nitrogens is 1. The van der Waals surface area contributed by atoms with Gasteiger partial charge in [0, 0.05) is 19.0 Å². The lowest BCUT2D eigenvalue weighted by molar-refractivity contribution is 0.275. The first-order chi connectivity index (χ1) is 11.2. The molecule has 0 amide bonds. The zero-order valence-corrected chi connectivity index (χ0v) is 14.8. The number of hydrogen-bond donors (Lipinski definition) is 2. The van der Waals surface area contributed by atoms with Gasteiger partial charge in [0.05, 0.1) is 18.3 Å². The van der Waals surface area contributed by atoms with Crippen LogP contribution in [-0.4, -0.2) is 60.0 Å². The molecular formula is C18H32N4O. The maximum Gasteiger partial charge on any atom is 0.0702 e. The lowest BCUT2D eigenvalue weighted by atomic mass is 10.2. The van der Waals surface area contributed by atoms with E-state index in [4.69, 9.17) is 5.11 Å². The van der Waals surface area contributed by atoms with Crippen molar-refractivity contribution < 1.29 is 5.11 Å². The van der Waals surface area contributed by atoms with Crippen molar-refractivity contribution in [1.82, 2.24) is 15.2 Å². The molecule has 1 unspecified atom stereocenters. The van der Waals surface area contributed by atoms with E-state index in [-0.39, 0.29) is 12.6 Å². The highest BCUT2D eigenvalue weighted by molar-refractivity contribution is 5.79. The highest BCUT2D eigenvalue weighted by Crippen LogP contribution is 2.01. The Morgan fingerprint density at radius 1 is 1.35 bits per heavy atom. The summed E-state index contributed by atoms with van der Waals surface area (Å²) in [4.78, 5) is 11.1. The first-order valence-electron chi connectivity index (χ1n) is 8.71. The Bertz CT molecular complexity index is 446. The van der Waals surface area contributed by atoms with Gasteiger partial charge in [0.15, 0.2) is 0 Å². The molecule has 0 fully saturated rings. The molecule has 0 spiro atoms. The van der Waals surface area contributed by atoms with Gasteiger partial charge < -0.3 is 15.3 Å². The molecule has 130 valence electrons. The van der Waals surface area contributed by atoms with Crippen molar-refractivity contribution in [2.24, 2.45) is 4.99 Å². The molecule has 0 aliphatic heterocycles. The average molecular weight is 320 g/mol. The van der Waals surface area contributed by atoms with Gasteiger partial charge in [-0.15, -0.1) is 0 Å². The number of nitrogens with one attached hydrogen (secondary N) is 1. The molecule has 1 atom stereocenters. The molecule has 0 aliphatic rings. The minimum absolute atomic E-state index is 0.0597. The third-order valence-electron chi connectivity index (χ3n) is 3.86. The van der Waals surface area contributed by atoms with E-state index < -0.39 is 0 Å². The zero-order valence-electron chi connectivity index (χ0n) is 14.8. The van der Waals surface area contributed by atoms with E-state index in [1.54, 1.807) is 6.21 Å². The maximum absolute atomic E-state index is 8.98. The van der Waals surface area contributed by atoms with E-state index in [2.05, 4.69) is 34.0 Å². The molecule has 1 rings (SSSR count). The predicted octanol–water partition coefficient (Wildman–Crippen LogP) is 2.09. The van der Waals surface area contributed by atoms with Crippen LogP contribution in [0.2, 0.25) is 0 Å². The molecule has 23 heavy (non-hydrogen) atoms. The third-order valence-corrected chi connectivity index (χ3v) is 3.86. The van der Waals surface area contributed by atoms with Crippen molar-refractivity contribution in [2.45, 2.75) is 46.2 Å². The molecule has 0 aromatic carbocycles. The summed E-state index contributed by atoms with van der Waals surface area (Å²) in [5.74, 6) is 0. The number of unbranched alkanes of at least 4 members (excludes halogenated alkanes) is 1. The number of aliphatic hydroxyl groups is 1. The lowest BCUT2D eigenvalue weighted by Gasteiger charge is -2.17. The van der Waals surface area contributed by atoms with Gasteiger partial charge in [-0.1, -0.05) is 13.8 Å². The fourth-order valence-corrected chi connectivity index (χ4v) is 2.28. The second-order valence-electron chi connectivity index (χ2n) is 5.80. The van der Waals surface area contributed by atoms with E-state index in [1.165, 1.54) is 19.4 Å². The van der Waals surface area contributed by atoms with Crippen molar-refractivity contribution in [3.8, 4) is 0 Å². The molecule has 2 N–H and O–H groups in total. The quantitative estimate of drug-likeness (QED) is 0.457. The molecule has 1 aromatic heterocycles. The van der Waals surface area contributed by atoms with Crippen LogP contribution < -0.4 is 5.32 Å². The van der Waals surface area contributed by atoms with Crippen LogP contribution in [0.15, 0.2) is 23.3 Å². The number of aliphatic hydroxyl groups excluding tert-OH is 1. The van der Waals surface area contributed by atoms with Crippen LogP contribution in [-0.2, 0) is 6.54 Å². The summed E-state index contributed by atoms with van der Waals surface area (Å²) in [6.45, 7) is 11.6. The number of pyridine rings is 1. The Morgan fingerprint density at radius 2 is 2.13 bits per heavy atom. The van der Waals surface area contributed by atoms with E-state index in [1.807, 2.05) is 25.3 Å². The summed E-state index contributed by atoms with van der Waals surface area (Å²) in [5, 5.41) is 12.4. The van der Waals surface area contributed by atoms with E-state index in [0.29, 0.717) is 0 Å². The summed E-state index contributed by atoms with van der Waals surface area (Å²) < 4.78 is 0. The molecule has 0 saturated heterocycles. The second kappa shape index (κ2) is 12.2. The van der Waals surface area contributed by atoms with E-state index >= 15 is 0 Å². The van der Waals surface area contributed by atoms with Crippen molar-refractivity contribution in [3.63, 3.8) is 0 Å². The molecular weight excluding hydrogens is 288 g/mol. The van der Waals surface area contributed by atoms with Crippen molar-refractivity contribution >= 4 is 6.21 Å². The van der Waals surface area contributed by atoms with Gasteiger partial charge in [-0.2, -0.15) is 0 Å². The van der Waals surface area contributed by atoms with Crippen LogP contribution in [0.4, 0.5) is 0 Å². The summed E-state index contributed by atoms with van der Waals surface area (Å²) >= 11 is 0. The second-order valence-corrected chi connectivity index (χ2v) is 5.80. The predicted molar refractivity (Wildman–Crippen MR) is 97.1 cm³/mol. The Labute approximate surface area is 140 Å². The number of nitrogens with zero attached hydrogens (tertiary/aromatic N) is 3. The molecule has 0 bridgehead atoms. The van der Waals surface area contributed by atoms with Gasteiger partial charge in [0.2, 0.25) is 0 Å². The topological polar surface area (TPSA) is 60.8 Å². The standard InChI is InChI=1S/C18H32N4O/c1-4-22(5-2)11-7-6-9-19-14-18-12-17(8-10-20-18)13-21-16(3)15-23/h8,10,12-13,16,19,23H,4-7,9,11,14-15H2,1-3H3/b21-13+. The minimum atomic E-state index is -0.0597. The fraction of sp³-hybridized carbons (Fsp3) is 0.667. The SMILES string of the molecule is CCN(CC)CCCCNCc1cc(/C=N/C(C)CO)ccn1. The van der Waals surface area contributed by atoms with Crippen LogP contribution >= 0.6 is 0 Å². The summed E-state index contributed by atoms with van der Waals surface area (Å²) in [5.41, 5.74) is 2.05. The van der Waals surface area contributed by atoms with Crippen molar-refractivity contribution in [3.05, 3.63) is 29.6 Å². The summed E-state index contributed by atoms with van der Waals surface area (Å²) in [6, 6.07) is 3.91. The normalized spacial score (nSPS) is 13.1. The molecule has 0 saturated carbocycles. The maximum atomic E-state index is 8.98. The van der Waals surface area contributed by atoms with Gasteiger partial charge in [-0.3, -0.25) is 9.98 Å². The van der Waals surface area contributed by atoms with Crippen LogP contribution in [0.5, 0.6) is 0 Å². The molecule has 1 aromatic rings. The largest absolute Gasteiger partial charge is 0.394 e. The van der Waals surface area contributed by atoms with Crippen molar-refractivity contribution in [2.75, 3.05) is 32.8 Å². The van der Waals surface area contributed by atoms with Gasteiger partial charge >= 0.3 is 0 Å². The minimum Gasteiger partial charge on any atom is -0.394 e. The number of aliphatic imine (C=N–C) groups is 1. The summed E-state index contributed by atoms with van der Waals surface area (Å²) in [7, 11) is 0. The highest BCUT2D eigenvalue weighted by atomic mass is 16.3. The van der Waals surface area contributed by atoms with Gasteiger partial charge in [-0.05, 0) is 63.6 Å². The number of hydrogen-bond acceptors (Lipinski definition) is 5. The molecule has 1 heterocycles. The van der Waals surface area contributed by atoms with Crippen LogP contribution in [0.1, 0.15) is 44.9 Å². The Morgan fingerprint density at radius 3 is 2.83 bits per heavy atom. The smallest absolute Gasteiger partial charge is 0.0702 e. The van der Waals surface area contributed by atoms with Crippen LogP contribution in [0, 0.1) is 0 Å².